The molecule has 0 bridgehead atoms. The summed E-state index contributed by atoms with van der Waals surface area (Å²) in [4.78, 5) is 27.1. The van der Waals surface area contributed by atoms with Crippen LogP contribution in [0.15, 0.2) is 64.1 Å². The van der Waals surface area contributed by atoms with Gasteiger partial charge in [0.05, 0.1) is 12.0 Å². The SMILES string of the molecule is O=C(NCCc1nnc2ccccn12)c1ccc(-c2ccco2)[nH]c1=O. The van der Waals surface area contributed by atoms with Crippen LogP contribution in [0.25, 0.3) is 17.1 Å². The summed E-state index contributed by atoms with van der Waals surface area (Å²) in [5, 5.41) is 10.9. The van der Waals surface area contributed by atoms with Gasteiger partial charge in [-0.15, -0.1) is 10.2 Å². The third-order valence-corrected chi connectivity index (χ3v) is 3.96. The van der Waals surface area contributed by atoms with Crippen molar-refractivity contribution in [3.05, 3.63) is 76.7 Å². The minimum absolute atomic E-state index is 0.0476. The molecule has 26 heavy (non-hydrogen) atoms. The second-order valence-corrected chi connectivity index (χ2v) is 5.64. The van der Waals surface area contributed by atoms with Crippen LogP contribution in [0.4, 0.5) is 0 Å². The van der Waals surface area contributed by atoms with Crippen LogP contribution in [0.1, 0.15) is 16.2 Å². The minimum atomic E-state index is -0.468. The molecule has 0 aromatic carbocycles. The number of amides is 1. The van der Waals surface area contributed by atoms with E-state index in [1.54, 1.807) is 18.2 Å². The van der Waals surface area contributed by atoms with E-state index in [1.807, 2.05) is 28.8 Å². The summed E-state index contributed by atoms with van der Waals surface area (Å²) in [6, 6.07) is 12.2. The molecule has 2 N–H and O–H groups in total. The van der Waals surface area contributed by atoms with Crippen LogP contribution in [-0.2, 0) is 6.42 Å². The maximum absolute atomic E-state index is 12.3. The summed E-state index contributed by atoms with van der Waals surface area (Å²) in [6.45, 7) is 0.341. The van der Waals surface area contributed by atoms with Crippen molar-refractivity contribution in [1.29, 1.82) is 0 Å². The van der Waals surface area contributed by atoms with Gasteiger partial charge in [0.25, 0.3) is 11.5 Å². The highest BCUT2D eigenvalue weighted by atomic mass is 16.3. The number of furan rings is 1. The molecule has 0 unspecified atom stereocenters. The Morgan fingerprint density at radius 2 is 2.08 bits per heavy atom. The van der Waals surface area contributed by atoms with E-state index >= 15 is 0 Å². The summed E-state index contributed by atoms with van der Waals surface area (Å²) in [5.41, 5.74) is 0.848. The summed E-state index contributed by atoms with van der Waals surface area (Å²) in [5.74, 6) is 0.835. The maximum Gasteiger partial charge on any atom is 0.261 e. The highest BCUT2D eigenvalue weighted by molar-refractivity contribution is 5.94. The number of aromatic nitrogens is 4. The normalized spacial score (nSPS) is 10.9. The van der Waals surface area contributed by atoms with Crippen molar-refractivity contribution in [2.24, 2.45) is 0 Å². The number of fused-ring (bicyclic) bond motifs is 1. The first-order valence-corrected chi connectivity index (χ1v) is 8.06. The zero-order chi connectivity index (χ0) is 17.9. The Morgan fingerprint density at radius 1 is 1.15 bits per heavy atom. The van der Waals surface area contributed by atoms with Crippen LogP contribution in [0.5, 0.6) is 0 Å². The Balaban J connectivity index is 1.43. The molecule has 0 saturated carbocycles. The number of carbonyl (C=O) groups is 1. The van der Waals surface area contributed by atoms with Crippen LogP contribution >= 0.6 is 0 Å². The molecule has 4 aromatic heterocycles. The van der Waals surface area contributed by atoms with Gasteiger partial charge in [-0.1, -0.05) is 6.07 Å². The van der Waals surface area contributed by atoms with Crippen molar-refractivity contribution in [1.82, 2.24) is 24.9 Å². The number of nitrogens with one attached hydrogen (secondary N) is 2. The Hall–Kier alpha value is -3.68. The molecular formula is C18H15N5O3. The predicted octanol–water partition coefficient (Wildman–Crippen LogP) is 1.65. The first-order valence-electron chi connectivity index (χ1n) is 8.06. The van der Waals surface area contributed by atoms with E-state index in [0.717, 1.165) is 11.5 Å². The Bertz CT molecular complexity index is 1110. The van der Waals surface area contributed by atoms with E-state index in [2.05, 4.69) is 20.5 Å². The second-order valence-electron chi connectivity index (χ2n) is 5.64. The van der Waals surface area contributed by atoms with Crippen LogP contribution < -0.4 is 10.9 Å². The number of carbonyl (C=O) groups excluding carboxylic acids is 1. The third kappa shape index (κ3) is 3.00. The number of nitrogens with zero attached hydrogens (tertiary/aromatic N) is 3. The summed E-state index contributed by atoms with van der Waals surface area (Å²) >= 11 is 0. The van der Waals surface area contributed by atoms with Crippen molar-refractivity contribution < 1.29 is 9.21 Å². The molecule has 0 atom stereocenters. The van der Waals surface area contributed by atoms with Crippen molar-refractivity contribution >= 4 is 11.6 Å². The fraction of sp³-hybridized carbons (Fsp3) is 0.111. The number of pyridine rings is 2. The topological polar surface area (TPSA) is 105 Å². The molecule has 4 aromatic rings. The summed E-state index contributed by atoms with van der Waals surface area (Å²) < 4.78 is 7.09. The number of hydrogen-bond donors (Lipinski definition) is 2. The van der Waals surface area contributed by atoms with Crippen molar-refractivity contribution in [2.75, 3.05) is 6.54 Å². The second kappa shape index (κ2) is 6.67. The molecule has 0 aliphatic rings. The number of hydrogen-bond acceptors (Lipinski definition) is 5. The minimum Gasteiger partial charge on any atom is -0.463 e. The molecule has 0 saturated heterocycles. The monoisotopic (exact) mass is 349 g/mol. The highest BCUT2D eigenvalue weighted by Gasteiger charge is 2.12. The van der Waals surface area contributed by atoms with Gasteiger partial charge >= 0.3 is 0 Å². The van der Waals surface area contributed by atoms with Gasteiger partial charge in [0.1, 0.15) is 17.1 Å². The fourth-order valence-corrected chi connectivity index (χ4v) is 2.67. The lowest BCUT2D eigenvalue weighted by molar-refractivity contribution is 0.0952. The molecule has 130 valence electrons. The Kier molecular flexibility index (Phi) is 4.06. The van der Waals surface area contributed by atoms with Gasteiger partial charge in [0, 0.05) is 19.2 Å². The Labute approximate surface area is 147 Å². The van der Waals surface area contributed by atoms with E-state index in [4.69, 9.17) is 4.42 Å². The lowest BCUT2D eigenvalue weighted by Gasteiger charge is -2.05. The van der Waals surface area contributed by atoms with Crippen LogP contribution in [-0.4, -0.2) is 32.0 Å². The quantitative estimate of drug-likeness (QED) is 0.570. The van der Waals surface area contributed by atoms with Crippen molar-refractivity contribution in [2.45, 2.75) is 6.42 Å². The Morgan fingerprint density at radius 3 is 2.88 bits per heavy atom. The van der Waals surface area contributed by atoms with Gasteiger partial charge < -0.3 is 14.7 Å². The molecule has 0 aliphatic heterocycles. The fourth-order valence-electron chi connectivity index (χ4n) is 2.67. The zero-order valence-electron chi connectivity index (χ0n) is 13.7. The molecular weight excluding hydrogens is 334 g/mol. The molecule has 1 amide bonds. The van der Waals surface area contributed by atoms with E-state index in [-0.39, 0.29) is 5.56 Å². The smallest absolute Gasteiger partial charge is 0.261 e. The molecule has 0 spiro atoms. The van der Waals surface area contributed by atoms with E-state index in [1.165, 1.54) is 12.3 Å². The van der Waals surface area contributed by atoms with Crippen LogP contribution in [0.2, 0.25) is 0 Å². The first kappa shape index (κ1) is 15.8. The molecule has 4 heterocycles. The lowest BCUT2D eigenvalue weighted by Crippen LogP contribution is -2.31. The number of H-pyrrole nitrogens is 1. The lowest BCUT2D eigenvalue weighted by atomic mass is 10.2. The molecule has 0 fully saturated rings. The summed E-state index contributed by atoms with van der Waals surface area (Å²) in [6.07, 6.45) is 3.88. The van der Waals surface area contributed by atoms with Crippen LogP contribution in [0.3, 0.4) is 0 Å². The molecule has 8 nitrogen and oxygen atoms in total. The van der Waals surface area contributed by atoms with Gasteiger partial charge in [0.2, 0.25) is 0 Å². The van der Waals surface area contributed by atoms with Gasteiger partial charge in [-0.05, 0) is 36.4 Å². The van der Waals surface area contributed by atoms with E-state index in [0.29, 0.717) is 24.4 Å². The van der Waals surface area contributed by atoms with Crippen molar-refractivity contribution in [3.63, 3.8) is 0 Å². The average molecular weight is 349 g/mol. The number of rotatable bonds is 5. The highest BCUT2D eigenvalue weighted by Crippen LogP contribution is 2.15. The zero-order valence-corrected chi connectivity index (χ0v) is 13.7. The van der Waals surface area contributed by atoms with Gasteiger partial charge in [-0.2, -0.15) is 0 Å². The van der Waals surface area contributed by atoms with Gasteiger partial charge in [-0.25, -0.2) is 0 Å². The molecule has 4 rings (SSSR count). The number of aromatic amines is 1. The van der Waals surface area contributed by atoms with Crippen molar-refractivity contribution in [3.8, 4) is 11.5 Å². The average Bonchev–Trinajstić information content (AvgIpc) is 3.32. The molecule has 0 radical (unpaired) electrons. The predicted molar refractivity (Wildman–Crippen MR) is 93.8 cm³/mol. The van der Waals surface area contributed by atoms with E-state index < -0.39 is 11.5 Å². The third-order valence-electron chi connectivity index (χ3n) is 3.96. The maximum atomic E-state index is 12.3. The molecule has 8 heteroatoms. The molecule has 0 aliphatic carbocycles. The largest absolute Gasteiger partial charge is 0.463 e. The van der Waals surface area contributed by atoms with Crippen LogP contribution in [0, 0.1) is 0 Å². The first-order chi connectivity index (χ1) is 12.7. The van der Waals surface area contributed by atoms with Gasteiger partial charge in [-0.3, -0.25) is 14.0 Å². The van der Waals surface area contributed by atoms with Gasteiger partial charge in [0.15, 0.2) is 5.65 Å². The summed E-state index contributed by atoms with van der Waals surface area (Å²) in [7, 11) is 0. The standard InChI is InChI=1S/C18H15N5O3/c24-17(12-6-7-13(20-18(12)25)14-4-3-11-26-14)19-9-8-16-22-21-15-5-1-2-10-23(15)16/h1-7,10-11H,8-9H2,(H,19,24)(H,20,25). The van der Waals surface area contributed by atoms with E-state index in [9.17, 15) is 9.59 Å².